The third-order valence-corrected chi connectivity index (χ3v) is 5.07. The summed E-state index contributed by atoms with van der Waals surface area (Å²) in [5, 5.41) is 0. The molecule has 2 amide bonds. The molecule has 5 heteroatoms. The Hall–Kier alpha value is -1.88. The number of likely N-dealkylation sites (tertiary alicyclic amines) is 2. The monoisotopic (exact) mass is 316 g/mol. The maximum Gasteiger partial charge on any atom is 0.254 e. The first-order chi connectivity index (χ1) is 11.1. The average Bonchev–Trinajstić information content (AvgIpc) is 2.99. The standard InChI is InChI=1S/C18H24N2O3/c1-13-5-3-4-6-15(13)17(21)20-11-14-7-8-19(9-10-23-2)18(22)16(14)12-20/h3-6,14,16H,7-12H2,1-2H3/t14-,16+/m1/s1. The van der Waals surface area contributed by atoms with E-state index in [1.54, 1.807) is 7.11 Å². The van der Waals surface area contributed by atoms with Crippen molar-refractivity contribution in [1.82, 2.24) is 9.80 Å². The minimum Gasteiger partial charge on any atom is -0.383 e. The van der Waals surface area contributed by atoms with Crippen molar-refractivity contribution < 1.29 is 14.3 Å². The lowest BCUT2D eigenvalue weighted by Gasteiger charge is -2.33. The van der Waals surface area contributed by atoms with Crippen molar-refractivity contribution in [3.63, 3.8) is 0 Å². The molecule has 0 aromatic heterocycles. The van der Waals surface area contributed by atoms with Crippen molar-refractivity contribution in [2.45, 2.75) is 13.3 Å². The van der Waals surface area contributed by atoms with Crippen LogP contribution < -0.4 is 0 Å². The smallest absolute Gasteiger partial charge is 0.254 e. The number of amides is 2. The molecule has 3 rings (SSSR count). The average molecular weight is 316 g/mol. The van der Waals surface area contributed by atoms with E-state index in [0.29, 0.717) is 32.2 Å². The van der Waals surface area contributed by atoms with Crippen LogP contribution in [0.3, 0.4) is 0 Å². The Bertz CT molecular complexity index is 602. The summed E-state index contributed by atoms with van der Waals surface area (Å²) in [5.74, 6) is 0.481. The molecule has 0 unspecified atom stereocenters. The summed E-state index contributed by atoms with van der Waals surface area (Å²) in [6.45, 7) is 5.17. The lowest BCUT2D eigenvalue weighted by molar-refractivity contribution is -0.140. The van der Waals surface area contributed by atoms with Gasteiger partial charge in [0.05, 0.1) is 12.5 Å². The van der Waals surface area contributed by atoms with Crippen LogP contribution in [0.5, 0.6) is 0 Å². The van der Waals surface area contributed by atoms with Gasteiger partial charge in [-0.05, 0) is 30.9 Å². The van der Waals surface area contributed by atoms with E-state index >= 15 is 0 Å². The largest absolute Gasteiger partial charge is 0.383 e. The molecule has 2 aliphatic rings. The van der Waals surface area contributed by atoms with E-state index in [4.69, 9.17) is 4.74 Å². The minimum atomic E-state index is -0.0476. The van der Waals surface area contributed by atoms with Crippen LogP contribution in [0, 0.1) is 18.8 Å². The molecule has 5 nitrogen and oxygen atoms in total. The van der Waals surface area contributed by atoms with Crippen LogP contribution in [-0.4, -0.2) is 61.5 Å². The molecule has 2 fully saturated rings. The molecule has 124 valence electrons. The second kappa shape index (κ2) is 6.71. The normalized spacial score (nSPS) is 24.0. The first kappa shape index (κ1) is 16.0. The second-order valence-corrected chi connectivity index (χ2v) is 6.50. The number of nitrogens with zero attached hydrogens (tertiary/aromatic N) is 2. The summed E-state index contributed by atoms with van der Waals surface area (Å²) < 4.78 is 5.08. The Labute approximate surface area is 137 Å². The van der Waals surface area contributed by atoms with Crippen molar-refractivity contribution in [1.29, 1.82) is 0 Å². The number of benzene rings is 1. The molecule has 23 heavy (non-hydrogen) atoms. The molecular formula is C18H24N2O3. The Balaban J connectivity index is 1.69. The van der Waals surface area contributed by atoms with Crippen LogP contribution in [0.2, 0.25) is 0 Å². The van der Waals surface area contributed by atoms with Gasteiger partial charge < -0.3 is 14.5 Å². The van der Waals surface area contributed by atoms with Gasteiger partial charge in [0.15, 0.2) is 0 Å². The molecule has 0 saturated carbocycles. The molecule has 2 atom stereocenters. The lowest BCUT2D eigenvalue weighted by atomic mass is 9.88. The number of rotatable bonds is 4. The number of methoxy groups -OCH3 is 1. The van der Waals surface area contributed by atoms with Gasteiger partial charge in [-0.3, -0.25) is 9.59 Å². The zero-order valence-electron chi connectivity index (χ0n) is 13.8. The Kier molecular flexibility index (Phi) is 4.66. The molecule has 2 heterocycles. The highest BCUT2D eigenvalue weighted by molar-refractivity contribution is 5.96. The maximum atomic E-state index is 12.8. The molecule has 0 aliphatic carbocycles. The van der Waals surface area contributed by atoms with Gasteiger partial charge in [0.25, 0.3) is 5.91 Å². The molecule has 0 radical (unpaired) electrons. The van der Waals surface area contributed by atoms with Crippen molar-refractivity contribution in [2.75, 3.05) is 39.9 Å². The molecule has 0 spiro atoms. The first-order valence-corrected chi connectivity index (χ1v) is 8.24. The highest BCUT2D eigenvalue weighted by atomic mass is 16.5. The zero-order valence-corrected chi connectivity index (χ0v) is 13.8. The number of hydrogen-bond acceptors (Lipinski definition) is 3. The van der Waals surface area contributed by atoms with Crippen molar-refractivity contribution in [3.05, 3.63) is 35.4 Å². The minimum absolute atomic E-state index is 0.0476. The van der Waals surface area contributed by atoms with Crippen LogP contribution in [-0.2, 0) is 9.53 Å². The lowest BCUT2D eigenvalue weighted by Crippen LogP contribution is -2.46. The van der Waals surface area contributed by atoms with E-state index < -0.39 is 0 Å². The van der Waals surface area contributed by atoms with Gasteiger partial charge in [-0.25, -0.2) is 0 Å². The van der Waals surface area contributed by atoms with Gasteiger partial charge >= 0.3 is 0 Å². The quantitative estimate of drug-likeness (QED) is 0.847. The van der Waals surface area contributed by atoms with E-state index in [0.717, 1.165) is 24.1 Å². The third-order valence-electron chi connectivity index (χ3n) is 5.07. The summed E-state index contributed by atoms with van der Waals surface area (Å²) in [5.41, 5.74) is 1.73. The fourth-order valence-electron chi connectivity index (χ4n) is 3.68. The Morgan fingerprint density at radius 1 is 1.30 bits per heavy atom. The highest BCUT2D eigenvalue weighted by Crippen LogP contribution is 2.33. The summed E-state index contributed by atoms with van der Waals surface area (Å²) in [4.78, 5) is 29.1. The summed E-state index contributed by atoms with van der Waals surface area (Å²) in [7, 11) is 1.65. The van der Waals surface area contributed by atoms with E-state index in [1.807, 2.05) is 41.0 Å². The Morgan fingerprint density at radius 2 is 2.09 bits per heavy atom. The van der Waals surface area contributed by atoms with Crippen LogP contribution in [0.15, 0.2) is 24.3 Å². The van der Waals surface area contributed by atoms with Crippen molar-refractivity contribution >= 4 is 11.8 Å². The molecule has 1 aromatic rings. The predicted molar refractivity (Wildman–Crippen MR) is 87.1 cm³/mol. The van der Waals surface area contributed by atoms with Gasteiger partial charge in [-0.1, -0.05) is 18.2 Å². The van der Waals surface area contributed by atoms with E-state index in [2.05, 4.69) is 0 Å². The number of ether oxygens (including phenoxy) is 1. The van der Waals surface area contributed by atoms with Crippen molar-refractivity contribution in [2.24, 2.45) is 11.8 Å². The van der Waals surface area contributed by atoms with Gasteiger partial charge in [-0.15, -0.1) is 0 Å². The number of fused-ring (bicyclic) bond motifs is 1. The number of carbonyl (C=O) groups is 2. The predicted octanol–water partition coefficient (Wildman–Crippen LogP) is 1.56. The van der Waals surface area contributed by atoms with E-state index in [1.165, 1.54) is 0 Å². The Morgan fingerprint density at radius 3 is 2.83 bits per heavy atom. The SMILES string of the molecule is COCCN1CC[C@@H]2CN(C(=O)c3ccccc3C)C[C@@H]2C1=O. The van der Waals surface area contributed by atoms with Crippen LogP contribution in [0.25, 0.3) is 0 Å². The fourth-order valence-corrected chi connectivity index (χ4v) is 3.68. The topological polar surface area (TPSA) is 49.9 Å². The molecule has 0 bridgehead atoms. The number of hydrogen-bond donors (Lipinski definition) is 0. The maximum absolute atomic E-state index is 12.8. The number of aryl methyl sites for hydroxylation is 1. The second-order valence-electron chi connectivity index (χ2n) is 6.50. The summed E-state index contributed by atoms with van der Waals surface area (Å²) in [6, 6.07) is 7.65. The van der Waals surface area contributed by atoms with Gasteiger partial charge in [0.2, 0.25) is 5.91 Å². The first-order valence-electron chi connectivity index (χ1n) is 8.24. The molecule has 0 N–H and O–H groups in total. The highest BCUT2D eigenvalue weighted by Gasteiger charge is 2.44. The van der Waals surface area contributed by atoms with Crippen LogP contribution in [0.1, 0.15) is 22.3 Å². The van der Waals surface area contributed by atoms with Gasteiger partial charge in [-0.2, -0.15) is 0 Å². The van der Waals surface area contributed by atoms with Crippen LogP contribution in [0.4, 0.5) is 0 Å². The molecule has 1 aromatic carbocycles. The molecule has 2 aliphatic heterocycles. The van der Waals surface area contributed by atoms with Gasteiger partial charge in [0.1, 0.15) is 0 Å². The number of carbonyl (C=O) groups excluding carboxylic acids is 2. The summed E-state index contributed by atoms with van der Waals surface area (Å²) in [6.07, 6.45) is 0.970. The van der Waals surface area contributed by atoms with Crippen LogP contribution >= 0.6 is 0 Å². The third kappa shape index (κ3) is 3.11. The van der Waals surface area contributed by atoms with Gasteiger partial charge in [0, 0.05) is 38.9 Å². The van der Waals surface area contributed by atoms with E-state index in [9.17, 15) is 9.59 Å². The number of piperidine rings is 1. The zero-order chi connectivity index (χ0) is 16.4. The van der Waals surface area contributed by atoms with E-state index in [-0.39, 0.29) is 17.7 Å². The summed E-state index contributed by atoms with van der Waals surface area (Å²) >= 11 is 0. The fraction of sp³-hybridized carbons (Fsp3) is 0.556. The van der Waals surface area contributed by atoms with Crippen molar-refractivity contribution in [3.8, 4) is 0 Å². The molecule has 2 saturated heterocycles. The molecular weight excluding hydrogens is 292 g/mol.